The van der Waals surface area contributed by atoms with E-state index in [4.69, 9.17) is 5.73 Å². The number of H-pyrrole nitrogens is 1. The zero-order chi connectivity index (χ0) is 10.1. The normalized spacial score (nSPS) is 28.5. The van der Waals surface area contributed by atoms with E-state index < -0.39 is 0 Å². The van der Waals surface area contributed by atoms with Crippen LogP contribution in [0.4, 0.5) is 0 Å². The molecule has 1 aromatic rings. The maximum Gasteiger partial charge on any atom is 0.164 e. The second-order valence-electron chi connectivity index (χ2n) is 4.17. The predicted octanol–water partition coefficient (Wildman–Crippen LogP) is -0.108. The zero-order valence-electron chi connectivity index (χ0n) is 8.70. The van der Waals surface area contributed by atoms with Gasteiger partial charge in [0, 0.05) is 19.1 Å². The summed E-state index contributed by atoms with van der Waals surface area (Å²) in [6.45, 7) is 6.91. The van der Waals surface area contributed by atoms with E-state index in [2.05, 4.69) is 27.0 Å². The first-order chi connectivity index (χ1) is 6.65. The van der Waals surface area contributed by atoms with E-state index in [9.17, 15) is 0 Å². The molecule has 0 aliphatic carbocycles. The van der Waals surface area contributed by atoms with Gasteiger partial charge in [0.25, 0.3) is 0 Å². The number of aromatic amines is 1. The van der Waals surface area contributed by atoms with Crippen molar-refractivity contribution in [3.05, 3.63) is 11.6 Å². The molecule has 0 bridgehead atoms. The minimum Gasteiger partial charge on any atom is -0.326 e. The fourth-order valence-corrected chi connectivity index (χ4v) is 1.88. The molecule has 1 aliphatic heterocycles. The third-order valence-electron chi connectivity index (χ3n) is 2.75. The fraction of sp³-hybridized carbons (Fsp3) is 0.778. The lowest BCUT2D eigenvalue weighted by Crippen LogP contribution is -2.28. The van der Waals surface area contributed by atoms with Crippen LogP contribution in [0.25, 0.3) is 0 Å². The average molecular weight is 195 g/mol. The molecule has 0 amide bonds. The van der Waals surface area contributed by atoms with E-state index in [1.54, 1.807) is 0 Å². The van der Waals surface area contributed by atoms with Gasteiger partial charge in [-0.3, -0.25) is 10.00 Å². The van der Waals surface area contributed by atoms with Crippen LogP contribution in [0.15, 0.2) is 0 Å². The Morgan fingerprint density at radius 1 is 1.57 bits per heavy atom. The Bertz CT molecular complexity index is 298. The van der Waals surface area contributed by atoms with Crippen LogP contribution in [-0.4, -0.2) is 39.2 Å². The Hall–Kier alpha value is -0.940. The summed E-state index contributed by atoms with van der Waals surface area (Å²) in [6.07, 6.45) is 0. The Kier molecular flexibility index (Phi) is 2.52. The molecule has 78 valence electrons. The van der Waals surface area contributed by atoms with Gasteiger partial charge in [0.1, 0.15) is 5.82 Å². The molecule has 3 N–H and O–H groups in total. The first-order valence-electron chi connectivity index (χ1n) is 5.01. The molecule has 1 aliphatic rings. The van der Waals surface area contributed by atoms with E-state index >= 15 is 0 Å². The molecule has 0 aromatic carbocycles. The summed E-state index contributed by atoms with van der Waals surface area (Å²) in [7, 11) is 0. The molecule has 1 saturated heterocycles. The summed E-state index contributed by atoms with van der Waals surface area (Å²) >= 11 is 0. The fourth-order valence-electron chi connectivity index (χ4n) is 1.88. The Morgan fingerprint density at radius 3 is 2.86 bits per heavy atom. The molecule has 5 nitrogen and oxygen atoms in total. The maximum atomic E-state index is 5.94. The molecule has 0 radical (unpaired) electrons. The highest BCUT2D eigenvalue weighted by atomic mass is 15.3. The van der Waals surface area contributed by atoms with Crippen LogP contribution in [0, 0.1) is 12.8 Å². The van der Waals surface area contributed by atoms with Gasteiger partial charge >= 0.3 is 0 Å². The molecule has 2 atom stereocenters. The van der Waals surface area contributed by atoms with Crippen LogP contribution in [0.5, 0.6) is 0 Å². The van der Waals surface area contributed by atoms with Crippen molar-refractivity contribution in [3.8, 4) is 0 Å². The second kappa shape index (κ2) is 3.67. The largest absolute Gasteiger partial charge is 0.326 e. The lowest BCUT2D eigenvalue weighted by molar-refractivity contribution is 0.311. The van der Waals surface area contributed by atoms with Gasteiger partial charge in [-0.15, -0.1) is 0 Å². The van der Waals surface area contributed by atoms with Crippen molar-refractivity contribution < 1.29 is 0 Å². The number of nitrogens with one attached hydrogen (secondary N) is 1. The van der Waals surface area contributed by atoms with Crippen molar-refractivity contribution in [2.24, 2.45) is 11.7 Å². The summed E-state index contributed by atoms with van der Waals surface area (Å²) in [5.74, 6) is 2.32. The van der Waals surface area contributed by atoms with Crippen LogP contribution in [0.1, 0.15) is 18.6 Å². The predicted molar refractivity (Wildman–Crippen MR) is 53.5 cm³/mol. The topological polar surface area (TPSA) is 70.8 Å². The van der Waals surface area contributed by atoms with Crippen LogP contribution in [-0.2, 0) is 6.54 Å². The van der Waals surface area contributed by atoms with Crippen molar-refractivity contribution in [2.45, 2.75) is 26.4 Å². The lowest BCUT2D eigenvalue weighted by Gasteiger charge is -2.11. The minimum absolute atomic E-state index is 0.301. The number of nitrogens with two attached hydrogens (primary N) is 1. The van der Waals surface area contributed by atoms with Crippen LogP contribution < -0.4 is 5.73 Å². The van der Waals surface area contributed by atoms with Gasteiger partial charge in [-0.25, -0.2) is 4.98 Å². The summed E-state index contributed by atoms with van der Waals surface area (Å²) in [6, 6.07) is 0.301. The molecule has 5 heteroatoms. The number of aromatic nitrogens is 3. The number of aryl methyl sites for hydroxylation is 1. The summed E-state index contributed by atoms with van der Waals surface area (Å²) in [5.41, 5.74) is 5.94. The Balaban J connectivity index is 1.93. The molecule has 2 heterocycles. The maximum absolute atomic E-state index is 5.94. The van der Waals surface area contributed by atoms with E-state index in [0.717, 1.165) is 31.3 Å². The summed E-state index contributed by atoms with van der Waals surface area (Å²) in [5, 5.41) is 6.96. The molecule has 0 saturated carbocycles. The quantitative estimate of drug-likeness (QED) is 0.691. The van der Waals surface area contributed by atoms with E-state index in [1.165, 1.54) is 0 Å². The van der Waals surface area contributed by atoms with Crippen molar-refractivity contribution in [1.82, 2.24) is 20.1 Å². The monoisotopic (exact) mass is 195 g/mol. The highest BCUT2D eigenvalue weighted by molar-refractivity contribution is 4.91. The van der Waals surface area contributed by atoms with Crippen LogP contribution in [0.2, 0.25) is 0 Å². The Labute approximate surface area is 83.7 Å². The van der Waals surface area contributed by atoms with Crippen molar-refractivity contribution in [3.63, 3.8) is 0 Å². The van der Waals surface area contributed by atoms with Gasteiger partial charge in [0.05, 0.1) is 6.54 Å². The average Bonchev–Trinajstić information content (AvgIpc) is 2.62. The third-order valence-corrected chi connectivity index (χ3v) is 2.75. The molecular weight excluding hydrogens is 178 g/mol. The molecule has 14 heavy (non-hydrogen) atoms. The molecule has 1 fully saturated rings. The SMILES string of the molecule is Cc1nc(CN2CC(C)C(N)C2)n[nH]1. The first-order valence-corrected chi connectivity index (χ1v) is 5.01. The zero-order valence-corrected chi connectivity index (χ0v) is 8.70. The van der Waals surface area contributed by atoms with Gasteiger partial charge in [-0.2, -0.15) is 5.10 Å². The van der Waals surface area contributed by atoms with Crippen molar-refractivity contribution in [2.75, 3.05) is 13.1 Å². The van der Waals surface area contributed by atoms with Gasteiger partial charge in [0.15, 0.2) is 5.82 Å². The molecule has 2 rings (SSSR count). The van der Waals surface area contributed by atoms with Crippen molar-refractivity contribution in [1.29, 1.82) is 0 Å². The minimum atomic E-state index is 0.301. The summed E-state index contributed by atoms with van der Waals surface area (Å²) < 4.78 is 0. The molecular formula is C9H17N5. The Morgan fingerprint density at radius 2 is 2.36 bits per heavy atom. The molecule has 0 spiro atoms. The van der Waals surface area contributed by atoms with E-state index in [0.29, 0.717) is 12.0 Å². The van der Waals surface area contributed by atoms with Gasteiger partial charge in [-0.05, 0) is 12.8 Å². The highest BCUT2D eigenvalue weighted by Crippen LogP contribution is 2.15. The van der Waals surface area contributed by atoms with Crippen LogP contribution in [0.3, 0.4) is 0 Å². The lowest BCUT2D eigenvalue weighted by atomic mass is 10.1. The van der Waals surface area contributed by atoms with Crippen molar-refractivity contribution >= 4 is 0 Å². The summed E-state index contributed by atoms with van der Waals surface area (Å²) in [4.78, 5) is 6.58. The molecule has 1 aromatic heterocycles. The first kappa shape index (κ1) is 9.61. The second-order valence-corrected chi connectivity index (χ2v) is 4.17. The number of rotatable bonds is 2. The number of hydrogen-bond acceptors (Lipinski definition) is 4. The number of hydrogen-bond donors (Lipinski definition) is 2. The van der Waals surface area contributed by atoms with E-state index in [-0.39, 0.29) is 0 Å². The molecule has 2 unspecified atom stereocenters. The van der Waals surface area contributed by atoms with Gasteiger partial charge in [0.2, 0.25) is 0 Å². The van der Waals surface area contributed by atoms with Gasteiger partial charge < -0.3 is 5.73 Å². The standard InChI is InChI=1S/C9H17N5/c1-6-3-14(4-8(6)10)5-9-11-7(2)12-13-9/h6,8H,3-5,10H2,1-2H3,(H,11,12,13). The number of likely N-dealkylation sites (tertiary alicyclic amines) is 1. The third kappa shape index (κ3) is 1.93. The highest BCUT2D eigenvalue weighted by Gasteiger charge is 2.26. The van der Waals surface area contributed by atoms with Crippen LogP contribution >= 0.6 is 0 Å². The van der Waals surface area contributed by atoms with E-state index in [1.807, 2.05) is 6.92 Å². The van der Waals surface area contributed by atoms with Gasteiger partial charge in [-0.1, -0.05) is 6.92 Å². The number of nitrogens with zero attached hydrogens (tertiary/aromatic N) is 3. The smallest absolute Gasteiger partial charge is 0.164 e.